The number of allylic oxidation sites excluding steroid dienone is 1. The van der Waals surface area contributed by atoms with Crippen LogP contribution in [0.5, 0.6) is 5.75 Å². The van der Waals surface area contributed by atoms with E-state index in [1.807, 2.05) is 6.92 Å². The second-order valence-corrected chi connectivity index (χ2v) is 10.9. The number of fused-ring (bicyclic) bond motifs is 1. The molecule has 0 spiro atoms. The summed E-state index contributed by atoms with van der Waals surface area (Å²) in [6, 6.07) is 5.20. The Kier molecular flexibility index (Phi) is 5.04. The van der Waals surface area contributed by atoms with Gasteiger partial charge in [-0.05, 0) is 0 Å². The zero-order valence-electron chi connectivity index (χ0n) is 11.8. The van der Waals surface area contributed by atoms with Gasteiger partial charge < -0.3 is 0 Å². The van der Waals surface area contributed by atoms with Gasteiger partial charge in [0, 0.05) is 0 Å². The van der Waals surface area contributed by atoms with E-state index >= 15 is 0 Å². The Morgan fingerprint density at radius 3 is 2.62 bits per heavy atom. The fourth-order valence-electron chi connectivity index (χ4n) is 1.92. The van der Waals surface area contributed by atoms with Crippen molar-refractivity contribution >= 4 is 42.9 Å². The van der Waals surface area contributed by atoms with Gasteiger partial charge in [0.15, 0.2) is 0 Å². The molecule has 5 nitrogen and oxygen atoms in total. The van der Waals surface area contributed by atoms with Crippen LogP contribution in [0.2, 0.25) is 0 Å². The number of hydrogen-bond donors (Lipinski definition) is 0. The molecule has 8 heteroatoms. The van der Waals surface area contributed by atoms with E-state index in [1.54, 1.807) is 31.2 Å². The molecule has 0 saturated heterocycles. The molecule has 0 saturated carbocycles. The molecule has 0 radical (unpaired) electrons. The van der Waals surface area contributed by atoms with Gasteiger partial charge in [-0.1, -0.05) is 0 Å². The molecule has 0 N–H and O–H groups in total. The summed E-state index contributed by atoms with van der Waals surface area (Å²) in [6.07, 6.45) is 1.72. The second-order valence-electron chi connectivity index (χ2n) is 4.14. The van der Waals surface area contributed by atoms with Crippen molar-refractivity contribution in [3.05, 3.63) is 29.8 Å². The monoisotopic (exact) mass is 432 g/mol. The maximum absolute atomic E-state index is 13.0. The molecule has 0 aliphatic carbocycles. The summed E-state index contributed by atoms with van der Waals surface area (Å²) < 4.78 is 51.5. The molecular formula is C13H15FO5STe. The van der Waals surface area contributed by atoms with Crippen LogP contribution in [0.25, 0.3) is 5.76 Å². The predicted octanol–water partition coefficient (Wildman–Crippen LogP) is 1.29. The van der Waals surface area contributed by atoms with Gasteiger partial charge in [0.1, 0.15) is 0 Å². The van der Waals surface area contributed by atoms with Crippen LogP contribution in [0, 0.1) is 0 Å². The summed E-state index contributed by atoms with van der Waals surface area (Å²) in [4.78, 5) is 0. The van der Waals surface area contributed by atoms with Gasteiger partial charge >= 0.3 is 130 Å². The number of ether oxygens (including phenoxy) is 2. The average Bonchev–Trinajstić information content (AvgIpc) is 2.41. The molecule has 1 aliphatic rings. The Labute approximate surface area is 130 Å². The third-order valence-electron chi connectivity index (χ3n) is 2.73. The van der Waals surface area contributed by atoms with Crippen LogP contribution in [0.3, 0.4) is 0 Å². The Morgan fingerprint density at radius 1 is 1.33 bits per heavy atom. The molecule has 0 atom stereocenters. The van der Waals surface area contributed by atoms with E-state index < -0.39 is 30.0 Å². The molecule has 1 aromatic rings. The first kappa shape index (κ1) is 16.4. The summed E-state index contributed by atoms with van der Waals surface area (Å²) in [5.74, 6) is 1.19. The zero-order chi connectivity index (χ0) is 15.6. The molecule has 21 heavy (non-hydrogen) atoms. The van der Waals surface area contributed by atoms with E-state index in [9.17, 15) is 12.3 Å². The van der Waals surface area contributed by atoms with E-state index in [0.717, 1.165) is 5.56 Å². The van der Waals surface area contributed by atoms with Crippen molar-refractivity contribution in [3.8, 4) is 5.75 Å². The van der Waals surface area contributed by atoms with Crippen LogP contribution < -0.4 is 8.35 Å². The van der Waals surface area contributed by atoms with E-state index in [4.69, 9.17) is 12.0 Å². The molecule has 0 fully saturated rings. The number of halogens is 1. The Hall–Kier alpha value is -0.940. The minimum atomic E-state index is -5.00. The van der Waals surface area contributed by atoms with Crippen LogP contribution in [0.15, 0.2) is 24.3 Å². The summed E-state index contributed by atoms with van der Waals surface area (Å²) in [7, 11) is -3.50. The normalized spacial score (nSPS) is 15.4. The number of rotatable bonds is 5. The quantitative estimate of drug-likeness (QED) is 0.521. The summed E-state index contributed by atoms with van der Waals surface area (Å²) in [5.41, 5.74) is 0.725. The van der Waals surface area contributed by atoms with Crippen LogP contribution in [-0.4, -0.2) is 45.2 Å². The van der Waals surface area contributed by atoms with Gasteiger partial charge in [0.2, 0.25) is 0 Å². The van der Waals surface area contributed by atoms with Gasteiger partial charge in [-0.2, -0.15) is 0 Å². The third kappa shape index (κ3) is 3.83. The minimum absolute atomic E-state index is 0.475. The molecule has 1 aromatic carbocycles. The van der Waals surface area contributed by atoms with Crippen molar-refractivity contribution in [1.29, 1.82) is 0 Å². The van der Waals surface area contributed by atoms with Crippen molar-refractivity contribution in [1.82, 2.24) is 0 Å². The van der Waals surface area contributed by atoms with Crippen LogP contribution in [0.4, 0.5) is 3.89 Å². The van der Waals surface area contributed by atoms with Gasteiger partial charge in [-0.3, -0.25) is 0 Å². The van der Waals surface area contributed by atoms with Gasteiger partial charge in [-0.15, -0.1) is 0 Å². The maximum atomic E-state index is 13.0. The van der Waals surface area contributed by atoms with Crippen LogP contribution in [0.1, 0.15) is 19.4 Å². The second kappa shape index (κ2) is 6.44. The van der Waals surface area contributed by atoms with Crippen molar-refractivity contribution < 1.29 is 24.3 Å². The molecular weight excluding hydrogens is 415 g/mol. The van der Waals surface area contributed by atoms with E-state index in [1.165, 1.54) is 7.11 Å². The van der Waals surface area contributed by atoms with Crippen molar-refractivity contribution in [2.45, 2.75) is 13.8 Å². The molecule has 0 unspecified atom stereocenters. The molecule has 0 bridgehead atoms. The van der Waals surface area contributed by atoms with Gasteiger partial charge in [0.25, 0.3) is 0 Å². The Morgan fingerprint density at radius 2 is 2.05 bits per heavy atom. The van der Waals surface area contributed by atoms with Crippen LogP contribution in [-0.2, 0) is 17.8 Å². The van der Waals surface area contributed by atoms with Crippen molar-refractivity contribution in [2.24, 2.45) is 0 Å². The Bertz CT molecular complexity index is 724. The first-order chi connectivity index (χ1) is 9.85. The van der Waals surface area contributed by atoms with Crippen LogP contribution >= 0.6 is 0 Å². The van der Waals surface area contributed by atoms with E-state index in [2.05, 4.69) is 0 Å². The fraction of sp³-hybridized carbons (Fsp3) is 0.308. The Balaban J connectivity index is 2.63. The molecule has 1 heterocycles. The molecule has 1 aliphatic heterocycles. The molecule has 116 valence electrons. The summed E-state index contributed by atoms with van der Waals surface area (Å²) >= 11 is -2.99. The summed E-state index contributed by atoms with van der Waals surface area (Å²) in [6.45, 7) is 4.06. The SMILES string of the molecule is CCOC1=CC(C)=[Te](OS(=O)(=O)F)c2cc(OC)ccc21. The molecule has 0 aromatic heterocycles. The fourth-order valence-corrected chi connectivity index (χ4v) is 8.49. The van der Waals surface area contributed by atoms with E-state index in [0.29, 0.717) is 25.3 Å². The summed E-state index contributed by atoms with van der Waals surface area (Å²) in [5, 5.41) is 0. The number of hydrogen-bond acceptors (Lipinski definition) is 5. The van der Waals surface area contributed by atoms with Crippen molar-refractivity contribution in [2.75, 3.05) is 13.7 Å². The molecule has 0 amide bonds. The number of methoxy groups -OCH3 is 1. The van der Waals surface area contributed by atoms with Gasteiger partial charge in [0.05, 0.1) is 0 Å². The topological polar surface area (TPSA) is 61.8 Å². The first-order valence-electron chi connectivity index (χ1n) is 6.11. The number of benzene rings is 1. The predicted molar refractivity (Wildman–Crippen MR) is 79.8 cm³/mol. The first-order valence-corrected chi connectivity index (χ1v) is 10.7. The average molecular weight is 430 g/mol. The molecule has 2 rings (SSSR count). The van der Waals surface area contributed by atoms with E-state index in [-0.39, 0.29) is 0 Å². The zero-order valence-corrected chi connectivity index (χ0v) is 14.9. The standard InChI is InChI=1S/C13H15FO5STe/c1-4-18-12-7-9(2)21(19-20(14,15)16)13-8-10(17-3)5-6-11(12)13/h5-8H,4H2,1-3H3. The van der Waals surface area contributed by atoms with Gasteiger partial charge in [-0.25, -0.2) is 0 Å². The van der Waals surface area contributed by atoms with Crippen molar-refractivity contribution in [3.63, 3.8) is 0 Å². The third-order valence-corrected chi connectivity index (χ3v) is 9.70.